The Bertz CT molecular complexity index is 738. The third-order valence-electron chi connectivity index (χ3n) is 4.98. The second-order valence-corrected chi connectivity index (χ2v) is 7.63. The van der Waals surface area contributed by atoms with Crippen LogP contribution in [-0.4, -0.2) is 48.7 Å². The Morgan fingerprint density at radius 2 is 2.08 bits per heavy atom. The summed E-state index contributed by atoms with van der Waals surface area (Å²) in [5, 5.41) is 7.86. The molecule has 3 aliphatic heterocycles. The number of methoxy groups -OCH3 is 1. The molecule has 2 bridgehead atoms. The highest BCUT2D eigenvalue weighted by Gasteiger charge is 2.34. The van der Waals surface area contributed by atoms with Gasteiger partial charge in [0.15, 0.2) is 0 Å². The van der Waals surface area contributed by atoms with Gasteiger partial charge in [0.1, 0.15) is 5.03 Å². The number of ether oxygens (including phenoxy) is 1. The van der Waals surface area contributed by atoms with Crippen molar-refractivity contribution in [3.05, 3.63) is 35.9 Å². The minimum Gasteiger partial charge on any atom is -0.467 e. The predicted octanol–water partition coefficient (Wildman–Crippen LogP) is 2.66. The molecule has 5 rings (SSSR count). The molecule has 3 fully saturated rings. The molecular weight excluding hydrogens is 338 g/mol. The molecule has 0 aliphatic carbocycles. The number of hydrogen-bond donors (Lipinski definition) is 1. The molecule has 2 aromatic rings. The second kappa shape index (κ2) is 7.09. The molecule has 7 heteroatoms. The molecule has 1 atom stereocenters. The molecule has 132 valence electrons. The summed E-state index contributed by atoms with van der Waals surface area (Å²) in [5.74, 6) is 1.03. The van der Waals surface area contributed by atoms with Crippen LogP contribution in [0.5, 0.6) is 5.95 Å². The molecule has 0 saturated carbocycles. The highest BCUT2D eigenvalue weighted by molar-refractivity contribution is 7.99. The van der Waals surface area contributed by atoms with E-state index in [2.05, 4.69) is 15.4 Å². The summed E-state index contributed by atoms with van der Waals surface area (Å²) in [5.41, 5.74) is 0.693. The van der Waals surface area contributed by atoms with Gasteiger partial charge in [-0.3, -0.25) is 4.79 Å². The highest BCUT2D eigenvalue weighted by atomic mass is 32.2. The van der Waals surface area contributed by atoms with Crippen LogP contribution in [0, 0.1) is 5.92 Å². The SMILES string of the molecule is COc1cc(Sc2ccc(C(=O)NC3CN4CCC3CC4)cc2)no1. The van der Waals surface area contributed by atoms with Crippen LogP contribution < -0.4 is 10.1 Å². The van der Waals surface area contributed by atoms with Crippen LogP contribution in [0.15, 0.2) is 44.8 Å². The zero-order chi connectivity index (χ0) is 17.2. The van der Waals surface area contributed by atoms with E-state index in [4.69, 9.17) is 9.26 Å². The van der Waals surface area contributed by atoms with Gasteiger partial charge >= 0.3 is 5.95 Å². The van der Waals surface area contributed by atoms with Gasteiger partial charge in [0, 0.05) is 23.0 Å². The van der Waals surface area contributed by atoms with E-state index in [-0.39, 0.29) is 11.9 Å². The Balaban J connectivity index is 1.37. The molecule has 3 saturated heterocycles. The predicted molar refractivity (Wildman–Crippen MR) is 94.0 cm³/mol. The molecule has 25 heavy (non-hydrogen) atoms. The molecule has 3 aliphatic rings. The minimum atomic E-state index is 0.0124. The van der Waals surface area contributed by atoms with Crippen LogP contribution in [-0.2, 0) is 0 Å². The van der Waals surface area contributed by atoms with E-state index in [1.54, 1.807) is 6.07 Å². The zero-order valence-electron chi connectivity index (χ0n) is 14.1. The Kier molecular flexibility index (Phi) is 4.67. The van der Waals surface area contributed by atoms with Crippen molar-refractivity contribution in [2.45, 2.75) is 28.8 Å². The molecule has 1 aromatic carbocycles. The average Bonchev–Trinajstić information content (AvgIpc) is 3.11. The van der Waals surface area contributed by atoms with Crippen LogP contribution in [0.3, 0.4) is 0 Å². The largest absolute Gasteiger partial charge is 0.467 e. The lowest BCUT2D eigenvalue weighted by atomic mass is 9.84. The number of rotatable bonds is 5. The maximum atomic E-state index is 12.5. The molecule has 0 spiro atoms. The van der Waals surface area contributed by atoms with Gasteiger partial charge in [-0.05, 0) is 56.1 Å². The number of aromatic nitrogens is 1. The number of fused-ring (bicyclic) bond motifs is 3. The van der Waals surface area contributed by atoms with Crippen LogP contribution in [0.1, 0.15) is 23.2 Å². The minimum absolute atomic E-state index is 0.0124. The first-order valence-electron chi connectivity index (χ1n) is 8.53. The lowest BCUT2D eigenvalue weighted by Gasteiger charge is -2.44. The number of hydrogen-bond acceptors (Lipinski definition) is 6. The van der Waals surface area contributed by atoms with E-state index in [0.717, 1.165) is 16.5 Å². The monoisotopic (exact) mass is 359 g/mol. The summed E-state index contributed by atoms with van der Waals surface area (Å²) in [6.07, 6.45) is 2.39. The summed E-state index contributed by atoms with van der Waals surface area (Å²) in [6, 6.07) is 9.59. The molecule has 4 heterocycles. The number of benzene rings is 1. The number of piperidine rings is 3. The molecule has 1 amide bonds. The zero-order valence-corrected chi connectivity index (χ0v) is 14.9. The van der Waals surface area contributed by atoms with Crippen molar-refractivity contribution < 1.29 is 14.1 Å². The van der Waals surface area contributed by atoms with E-state index < -0.39 is 0 Å². The molecular formula is C18H21N3O3S. The van der Waals surface area contributed by atoms with Crippen LogP contribution in [0.25, 0.3) is 0 Å². The number of nitrogens with one attached hydrogen (secondary N) is 1. The fourth-order valence-electron chi connectivity index (χ4n) is 3.56. The van der Waals surface area contributed by atoms with Crippen molar-refractivity contribution in [3.8, 4) is 5.95 Å². The lowest BCUT2D eigenvalue weighted by Crippen LogP contribution is -2.57. The molecule has 0 radical (unpaired) electrons. The average molecular weight is 359 g/mol. The van der Waals surface area contributed by atoms with Gasteiger partial charge in [-0.1, -0.05) is 16.9 Å². The second-order valence-electron chi connectivity index (χ2n) is 6.53. The molecule has 1 N–H and O–H groups in total. The molecule has 1 unspecified atom stereocenters. The van der Waals surface area contributed by atoms with E-state index in [0.29, 0.717) is 17.4 Å². The maximum Gasteiger partial charge on any atom is 0.312 e. The fraction of sp³-hybridized carbons (Fsp3) is 0.444. The first kappa shape index (κ1) is 16.5. The number of amides is 1. The maximum absolute atomic E-state index is 12.5. The van der Waals surface area contributed by atoms with Crippen molar-refractivity contribution in [1.82, 2.24) is 15.4 Å². The normalized spacial score (nSPS) is 24.9. The van der Waals surface area contributed by atoms with Crippen molar-refractivity contribution in [2.24, 2.45) is 5.92 Å². The van der Waals surface area contributed by atoms with Crippen LogP contribution in [0.2, 0.25) is 0 Å². The Morgan fingerprint density at radius 1 is 1.32 bits per heavy atom. The van der Waals surface area contributed by atoms with E-state index >= 15 is 0 Å². The highest BCUT2D eigenvalue weighted by Crippen LogP contribution is 2.30. The smallest absolute Gasteiger partial charge is 0.312 e. The van der Waals surface area contributed by atoms with Crippen molar-refractivity contribution in [3.63, 3.8) is 0 Å². The van der Waals surface area contributed by atoms with Gasteiger partial charge in [-0.2, -0.15) is 0 Å². The lowest BCUT2D eigenvalue weighted by molar-refractivity contribution is 0.0620. The Labute approximate surface area is 150 Å². The topological polar surface area (TPSA) is 67.6 Å². The summed E-state index contributed by atoms with van der Waals surface area (Å²) >= 11 is 1.47. The molecule has 6 nitrogen and oxygen atoms in total. The fourth-order valence-corrected chi connectivity index (χ4v) is 4.31. The van der Waals surface area contributed by atoms with Gasteiger partial charge in [0.2, 0.25) is 0 Å². The Morgan fingerprint density at radius 3 is 2.68 bits per heavy atom. The van der Waals surface area contributed by atoms with Gasteiger partial charge in [0.25, 0.3) is 5.91 Å². The van der Waals surface area contributed by atoms with Crippen LogP contribution >= 0.6 is 11.8 Å². The Hall–Kier alpha value is -1.99. The van der Waals surface area contributed by atoms with Crippen molar-refractivity contribution >= 4 is 17.7 Å². The summed E-state index contributed by atoms with van der Waals surface area (Å²) in [6.45, 7) is 3.34. The van der Waals surface area contributed by atoms with E-state index in [1.165, 1.54) is 44.8 Å². The van der Waals surface area contributed by atoms with E-state index in [9.17, 15) is 4.79 Å². The van der Waals surface area contributed by atoms with Crippen LogP contribution in [0.4, 0.5) is 0 Å². The van der Waals surface area contributed by atoms with Gasteiger partial charge in [-0.15, -0.1) is 0 Å². The quantitative estimate of drug-likeness (QED) is 0.885. The standard InChI is InChI=1S/C18H21N3O3S/c1-23-17-10-16(20-24-17)25-14-4-2-13(3-5-14)18(22)19-15-11-21-8-6-12(15)7-9-21/h2-5,10,12,15H,6-9,11H2,1H3,(H,19,22). The number of carbonyl (C=O) groups excluding carboxylic acids is 1. The third-order valence-corrected chi connectivity index (χ3v) is 5.89. The number of nitrogens with zero attached hydrogens (tertiary/aromatic N) is 2. The molecule has 1 aromatic heterocycles. The number of carbonyl (C=O) groups is 1. The van der Waals surface area contributed by atoms with Gasteiger partial charge < -0.3 is 19.5 Å². The van der Waals surface area contributed by atoms with E-state index in [1.807, 2.05) is 24.3 Å². The summed E-state index contributed by atoms with van der Waals surface area (Å²) in [7, 11) is 1.54. The van der Waals surface area contributed by atoms with Crippen molar-refractivity contribution in [1.29, 1.82) is 0 Å². The van der Waals surface area contributed by atoms with Gasteiger partial charge in [-0.25, -0.2) is 0 Å². The first-order chi connectivity index (χ1) is 12.2. The van der Waals surface area contributed by atoms with Crippen molar-refractivity contribution in [2.75, 3.05) is 26.7 Å². The first-order valence-corrected chi connectivity index (χ1v) is 9.35. The third kappa shape index (κ3) is 3.67. The summed E-state index contributed by atoms with van der Waals surface area (Å²) < 4.78 is 9.97. The van der Waals surface area contributed by atoms with Gasteiger partial charge in [0.05, 0.1) is 13.2 Å². The summed E-state index contributed by atoms with van der Waals surface area (Å²) in [4.78, 5) is 16.0.